The first-order valence-electron chi connectivity index (χ1n) is 3.77. The van der Waals surface area contributed by atoms with E-state index in [0.717, 1.165) is 6.54 Å². The molecular formula is C9H11NO. The Morgan fingerprint density at radius 2 is 2.27 bits per heavy atom. The highest BCUT2D eigenvalue weighted by Crippen LogP contribution is 2.30. The average Bonchev–Trinajstić information content (AvgIpc) is 2.47. The van der Waals surface area contributed by atoms with Crippen molar-refractivity contribution in [3.8, 4) is 0 Å². The van der Waals surface area contributed by atoms with E-state index < -0.39 is 0 Å². The molecule has 0 saturated heterocycles. The molecule has 0 aromatic heterocycles. The van der Waals surface area contributed by atoms with Gasteiger partial charge in [-0.05, 0) is 6.07 Å². The molecule has 0 radical (unpaired) electrons. The summed E-state index contributed by atoms with van der Waals surface area (Å²) in [5, 5.41) is 3.28. The fourth-order valence-electron chi connectivity index (χ4n) is 1.46. The van der Waals surface area contributed by atoms with Gasteiger partial charge in [-0.2, -0.15) is 0 Å². The van der Waals surface area contributed by atoms with Crippen molar-refractivity contribution >= 4 is 5.69 Å². The minimum atomic E-state index is 0.242. The number of ether oxygens (including phenoxy) is 1. The van der Waals surface area contributed by atoms with E-state index in [-0.39, 0.29) is 6.10 Å². The number of methoxy groups -OCH3 is 1. The molecule has 1 atom stereocenters. The van der Waals surface area contributed by atoms with Crippen LogP contribution in [0.1, 0.15) is 11.7 Å². The molecule has 0 saturated carbocycles. The Balaban J connectivity index is 2.39. The van der Waals surface area contributed by atoms with Gasteiger partial charge in [0, 0.05) is 24.9 Å². The lowest BCUT2D eigenvalue weighted by Crippen LogP contribution is -2.02. The van der Waals surface area contributed by atoms with Gasteiger partial charge >= 0.3 is 0 Å². The van der Waals surface area contributed by atoms with Crippen LogP contribution < -0.4 is 5.32 Å². The van der Waals surface area contributed by atoms with Gasteiger partial charge in [0.15, 0.2) is 0 Å². The fourth-order valence-corrected chi connectivity index (χ4v) is 1.46. The zero-order chi connectivity index (χ0) is 7.68. The van der Waals surface area contributed by atoms with Crippen LogP contribution >= 0.6 is 0 Å². The molecule has 1 aliphatic heterocycles. The monoisotopic (exact) mass is 149 g/mol. The number of anilines is 1. The molecule has 1 unspecified atom stereocenters. The van der Waals surface area contributed by atoms with Crippen molar-refractivity contribution in [3.63, 3.8) is 0 Å². The van der Waals surface area contributed by atoms with E-state index in [1.807, 2.05) is 12.1 Å². The van der Waals surface area contributed by atoms with Crippen LogP contribution in [-0.2, 0) is 4.74 Å². The molecule has 2 rings (SSSR count). The minimum Gasteiger partial charge on any atom is -0.382 e. The number of hydrogen-bond acceptors (Lipinski definition) is 2. The molecule has 1 aliphatic rings. The Hall–Kier alpha value is -1.02. The number of fused-ring (bicyclic) bond motifs is 1. The van der Waals surface area contributed by atoms with Gasteiger partial charge in [-0.1, -0.05) is 18.2 Å². The molecular weight excluding hydrogens is 138 g/mol. The first kappa shape index (κ1) is 6.68. The number of para-hydroxylation sites is 1. The molecule has 0 bridgehead atoms. The van der Waals surface area contributed by atoms with Crippen LogP contribution in [0.2, 0.25) is 0 Å². The third kappa shape index (κ3) is 0.994. The van der Waals surface area contributed by atoms with Crippen LogP contribution in [0.15, 0.2) is 24.3 Å². The van der Waals surface area contributed by atoms with Gasteiger partial charge in [0.05, 0.1) is 0 Å². The number of benzene rings is 1. The van der Waals surface area contributed by atoms with E-state index in [4.69, 9.17) is 4.74 Å². The minimum absolute atomic E-state index is 0.242. The molecule has 2 heteroatoms. The summed E-state index contributed by atoms with van der Waals surface area (Å²) in [7, 11) is 1.74. The van der Waals surface area contributed by atoms with Crippen LogP contribution in [0, 0.1) is 0 Å². The normalized spacial score (nSPS) is 21.0. The van der Waals surface area contributed by atoms with Crippen molar-refractivity contribution in [1.82, 2.24) is 0 Å². The van der Waals surface area contributed by atoms with Gasteiger partial charge in [-0.15, -0.1) is 0 Å². The Morgan fingerprint density at radius 1 is 1.45 bits per heavy atom. The topological polar surface area (TPSA) is 21.3 Å². The summed E-state index contributed by atoms with van der Waals surface area (Å²) in [5.41, 5.74) is 2.48. The average molecular weight is 149 g/mol. The van der Waals surface area contributed by atoms with Gasteiger partial charge in [-0.25, -0.2) is 0 Å². The molecule has 0 fully saturated rings. The van der Waals surface area contributed by atoms with E-state index in [1.54, 1.807) is 7.11 Å². The SMILES string of the molecule is COC1CNc2ccccc21. The van der Waals surface area contributed by atoms with E-state index in [2.05, 4.69) is 17.4 Å². The van der Waals surface area contributed by atoms with Crippen LogP contribution in [0.5, 0.6) is 0 Å². The van der Waals surface area contributed by atoms with Gasteiger partial charge in [0.1, 0.15) is 6.10 Å². The van der Waals surface area contributed by atoms with Gasteiger partial charge in [-0.3, -0.25) is 0 Å². The quantitative estimate of drug-likeness (QED) is 0.657. The second kappa shape index (κ2) is 2.55. The number of hydrogen-bond donors (Lipinski definition) is 1. The number of rotatable bonds is 1. The summed E-state index contributed by atoms with van der Waals surface area (Å²) in [6, 6.07) is 8.25. The van der Waals surface area contributed by atoms with Crippen molar-refractivity contribution < 1.29 is 4.74 Å². The Labute approximate surface area is 66.2 Å². The standard InChI is InChI=1S/C9H11NO/c1-11-9-6-10-8-5-3-2-4-7(8)9/h2-5,9-10H,6H2,1H3. The summed E-state index contributed by atoms with van der Waals surface area (Å²) >= 11 is 0. The highest BCUT2D eigenvalue weighted by atomic mass is 16.5. The van der Waals surface area contributed by atoms with Crippen molar-refractivity contribution in [2.75, 3.05) is 19.0 Å². The lowest BCUT2D eigenvalue weighted by molar-refractivity contribution is 0.120. The summed E-state index contributed by atoms with van der Waals surface area (Å²) in [5.74, 6) is 0. The maximum atomic E-state index is 5.28. The predicted octanol–water partition coefficient (Wildman–Crippen LogP) is 1.80. The summed E-state index contributed by atoms with van der Waals surface area (Å²) < 4.78 is 5.28. The smallest absolute Gasteiger partial charge is 0.101 e. The van der Waals surface area contributed by atoms with E-state index in [1.165, 1.54) is 11.3 Å². The summed E-state index contributed by atoms with van der Waals surface area (Å²) in [6.45, 7) is 0.899. The largest absolute Gasteiger partial charge is 0.382 e. The third-order valence-corrected chi connectivity index (χ3v) is 2.07. The van der Waals surface area contributed by atoms with Crippen molar-refractivity contribution in [1.29, 1.82) is 0 Å². The molecule has 2 nitrogen and oxygen atoms in total. The molecule has 0 aliphatic carbocycles. The lowest BCUT2D eigenvalue weighted by Gasteiger charge is -2.05. The Bertz CT molecular complexity index is 259. The molecule has 0 amide bonds. The van der Waals surface area contributed by atoms with Gasteiger partial charge in [0.25, 0.3) is 0 Å². The maximum Gasteiger partial charge on any atom is 0.101 e. The third-order valence-electron chi connectivity index (χ3n) is 2.07. The molecule has 0 spiro atoms. The maximum absolute atomic E-state index is 5.28. The van der Waals surface area contributed by atoms with Crippen molar-refractivity contribution in [3.05, 3.63) is 29.8 Å². The molecule has 1 aromatic rings. The summed E-state index contributed by atoms with van der Waals surface area (Å²) in [4.78, 5) is 0. The predicted molar refractivity (Wildman–Crippen MR) is 44.7 cm³/mol. The zero-order valence-electron chi connectivity index (χ0n) is 6.50. The molecule has 58 valence electrons. The van der Waals surface area contributed by atoms with Gasteiger partial charge in [0.2, 0.25) is 0 Å². The first-order valence-corrected chi connectivity index (χ1v) is 3.77. The molecule has 1 aromatic carbocycles. The molecule has 1 N–H and O–H groups in total. The fraction of sp³-hybridized carbons (Fsp3) is 0.333. The van der Waals surface area contributed by atoms with Crippen molar-refractivity contribution in [2.24, 2.45) is 0 Å². The molecule has 11 heavy (non-hydrogen) atoms. The van der Waals surface area contributed by atoms with Crippen LogP contribution in [0.3, 0.4) is 0 Å². The second-order valence-electron chi connectivity index (χ2n) is 2.69. The van der Waals surface area contributed by atoms with Crippen LogP contribution in [-0.4, -0.2) is 13.7 Å². The number of nitrogens with one attached hydrogen (secondary N) is 1. The lowest BCUT2D eigenvalue weighted by atomic mass is 10.1. The van der Waals surface area contributed by atoms with E-state index in [0.29, 0.717) is 0 Å². The zero-order valence-corrected chi connectivity index (χ0v) is 6.50. The van der Waals surface area contributed by atoms with Crippen molar-refractivity contribution in [2.45, 2.75) is 6.10 Å². The summed E-state index contributed by atoms with van der Waals surface area (Å²) in [6.07, 6.45) is 0.242. The Kier molecular flexibility index (Phi) is 1.55. The highest BCUT2D eigenvalue weighted by molar-refractivity contribution is 5.56. The van der Waals surface area contributed by atoms with Gasteiger partial charge < -0.3 is 10.1 Å². The van der Waals surface area contributed by atoms with Crippen LogP contribution in [0.4, 0.5) is 5.69 Å². The molecule has 1 heterocycles. The highest BCUT2D eigenvalue weighted by Gasteiger charge is 2.19. The Morgan fingerprint density at radius 3 is 3.09 bits per heavy atom. The first-order chi connectivity index (χ1) is 5.42. The second-order valence-corrected chi connectivity index (χ2v) is 2.69. The van der Waals surface area contributed by atoms with Crippen LogP contribution in [0.25, 0.3) is 0 Å². The van der Waals surface area contributed by atoms with E-state index >= 15 is 0 Å². The van der Waals surface area contributed by atoms with E-state index in [9.17, 15) is 0 Å².